The van der Waals surface area contributed by atoms with Gasteiger partial charge in [-0.2, -0.15) is 5.26 Å². The van der Waals surface area contributed by atoms with Crippen molar-refractivity contribution in [3.63, 3.8) is 0 Å². The van der Waals surface area contributed by atoms with Crippen LogP contribution in [0.2, 0.25) is 0 Å². The highest BCUT2D eigenvalue weighted by Gasteiger charge is 2.17. The molecule has 0 fully saturated rings. The lowest BCUT2D eigenvalue weighted by Crippen LogP contribution is -2.10. The number of ether oxygens (including phenoxy) is 2. The molecule has 6 heteroatoms. The molecule has 0 radical (unpaired) electrons. The van der Waals surface area contributed by atoms with Crippen LogP contribution in [-0.2, 0) is 0 Å². The molecule has 0 aliphatic heterocycles. The molecule has 9 aromatic carbocycles. The van der Waals surface area contributed by atoms with Crippen LogP contribution in [0.25, 0.3) is 50.7 Å². The second kappa shape index (κ2) is 18.4. The first-order valence-corrected chi connectivity index (χ1v) is 20.9. The normalized spacial score (nSPS) is 11.1. The molecule has 0 saturated carbocycles. The van der Waals surface area contributed by atoms with Crippen molar-refractivity contribution in [2.45, 2.75) is 0 Å². The van der Waals surface area contributed by atoms with Gasteiger partial charge in [0.15, 0.2) is 5.69 Å². The minimum atomic E-state index is 0.466. The van der Waals surface area contributed by atoms with Crippen molar-refractivity contribution in [2.24, 2.45) is 0 Å². The van der Waals surface area contributed by atoms with Crippen LogP contribution in [0, 0.1) is 17.9 Å². The Morgan fingerprint density at radius 3 is 1.30 bits per heavy atom. The molecule has 0 N–H and O–H groups in total. The molecule has 0 aliphatic carbocycles. The fraction of sp³-hybridized carbons (Fsp3) is 0.0345. The number of methoxy groups -OCH3 is 2. The van der Waals surface area contributed by atoms with Crippen molar-refractivity contribution >= 4 is 85.7 Å². The summed E-state index contributed by atoms with van der Waals surface area (Å²) in [5, 5.41) is 14.9. The van der Waals surface area contributed by atoms with E-state index in [4.69, 9.17) is 16.0 Å². The van der Waals surface area contributed by atoms with Gasteiger partial charge in [0.2, 0.25) is 0 Å². The maximum atomic E-state index is 10.3. The van der Waals surface area contributed by atoms with Crippen LogP contribution >= 0.6 is 0 Å². The number of nitriles is 1. The first-order chi connectivity index (χ1) is 31.5. The summed E-state index contributed by atoms with van der Waals surface area (Å²) < 4.78 is 10.9. The van der Waals surface area contributed by atoms with Gasteiger partial charge >= 0.3 is 0 Å². The molecule has 9 rings (SSSR count). The fourth-order valence-electron chi connectivity index (χ4n) is 8.05. The van der Waals surface area contributed by atoms with E-state index in [0.717, 1.165) is 78.3 Å². The van der Waals surface area contributed by atoms with Crippen molar-refractivity contribution in [3.05, 3.63) is 233 Å². The third kappa shape index (κ3) is 8.41. The zero-order chi connectivity index (χ0) is 43.8. The van der Waals surface area contributed by atoms with E-state index in [1.165, 1.54) is 0 Å². The Labute approximate surface area is 373 Å². The van der Waals surface area contributed by atoms with E-state index in [-0.39, 0.29) is 0 Å². The van der Waals surface area contributed by atoms with E-state index in [1.807, 2.05) is 48.6 Å². The van der Waals surface area contributed by atoms with Gasteiger partial charge in [0.1, 0.15) is 11.5 Å². The summed E-state index contributed by atoms with van der Waals surface area (Å²) >= 11 is 0. The van der Waals surface area contributed by atoms with Crippen LogP contribution in [0.5, 0.6) is 11.5 Å². The van der Waals surface area contributed by atoms with Crippen molar-refractivity contribution in [3.8, 4) is 17.6 Å². The largest absolute Gasteiger partial charge is 0.497 e. The standard InChI is InChI=1S/C58H42N4O2/c1-60-56-39-45(24-18-41-20-26-48(27-21-41)61(50-30-34-52(63-2)35-31-50)57-16-8-12-43-10-4-6-14-54(43)57)47(40-59)38-46(56)25-19-42-22-28-49(29-23-42)62(51-32-36-53(64-3)37-33-51)58-17-9-13-44-11-5-7-15-55(44)58/h4-39H,2-3H3/b24-18+,25-19+. The van der Waals surface area contributed by atoms with Crippen LogP contribution in [0.4, 0.5) is 39.8 Å². The number of rotatable bonds is 12. The summed E-state index contributed by atoms with van der Waals surface area (Å²) in [6, 6.07) is 68.2. The highest BCUT2D eigenvalue weighted by atomic mass is 16.5. The molecule has 0 aromatic heterocycles. The van der Waals surface area contributed by atoms with Gasteiger partial charge in [0.05, 0.1) is 43.8 Å². The Hall–Kier alpha value is -8.84. The van der Waals surface area contributed by atoms with Crippen molar-refractivity contribution in [1.82, 2.24) is 0 Å². The quantitative estimate of drug-likeness (QED) is 0.0907. The molecule has 0 heterocycles. The lowest BCUT2D eigenvalue weighted by atomic mass is 10.0. The smallest absolute Gasteiger partial charge is 0.194 e. The summed E-state index contributed by atoms with van der Waals surface area (Å²) in [5.74, 6) is 1.59. The number of hydrogen-bond donors (Lipinski definition) is 0. The lowest BCUT2D eigenvalue weighted by Gasteiger charge is -2.27. The molecule has 306 valence electrons. The van der Waals surface area contributed by atoms with Crippen LogP contribution in [0.1, 0.15) is 27.8 Å². The molecule has 0 atom stereocenters. The minimum Gasteiger partial charge on any atom is -0.497 e. The Morgan fingerprint density at radius 2 is 0.875 bits per heavy atom. The number of benzene rings is 9. The van der Waals surface area contributed by atoms with Crippen LogP contribution in [0.15, 0.2) is 194 Å². The zero-order valence-corrected chi connectivity index (χ0v) is 35.4. The molecule has 0 unspecified atom stereocenters. The highest BCUT2D eigenvalue weighted by Crippen LogP contribution is 2.41. The first-order valence-electron chi connectivity index (χ1n) is 20.9. The predicted octanol–water partition coefficient (Wildman–Crippen LogP) is 15.7. The molecular formula is C58H42N4O2. The summed E-state index contributed by atoms with van der Waals surface area (Å²) in [7, 11) is 3.34. The van der Waals surface area contributed by atoms with E-state index < -0.39 is 0 Å². The first kappa shape index (κ1) is 40.6. The van der Waals surface area contributed by atoms with Gasteiger partial charge in [-0.05, 0) is 130 Å². The Bertz CT molecular complexity index is 3020. The molecule has 6 nitrogen and oxygen atoms in total. The summed E-state index contributed by atoms with van der Waals surface area (Å²) in [6.45, 7) is 8.05. The molecular weight excluding hydrogens is 785 g/mol. The van der Waals surface area contributed by atoms with Crippen LogP contribution in [0.3, 0.4) is 0 Å². The lowest BCUT2D eigenvalue weighted by molar-refractivity contribution is 0.414. The SMILES string of the molecule is [C-]#[N+]c1cc(/C=C/c2ccc(N(c3ccc(OC)cc3)c3cccc4ccccc34)cc2)c(C#N)cc1/C=C/c1ccc(N(c2ccc(OC)cc2)c2cccc3ccccc23)cc1. The van der Waals surface area contributed by atoms with Gasteiger partial charge in [-0.15, -0.1) is 0 Å². The van der Waals surface area contributed by atoms with E-state index >= 15 is 0 Å². The highest BCUT2D eigenvalue weighted by molar-refractivity contribution is 6.00. The van der Waals surface area contributed by atoms with Crippen molar-refractivity contribution in [1.29, 1.82) is 5.26 Å². The average molecular weight is 827 g/mol. The van der Waals surface area contributed by atoms with E-state index in [2.05, 4.69) is 178 Å². The van der Waals surface area contributed by atoms with Gasteiger partial charge < -0.3 is 19.3 Å². The third-order valence-electron chi connectivity index (χ3n) is 11.3. The summed E-state index contributed by atoms with van der Waals surface area (Å²) in [6.07, 6.45) is 7.78. The topological polar surface area (TPSA) is 53.1 Å². The second-order valence-electron chi connectivity index (χ2n) is 15.1. The third-order valence-corrected chi connectivity index (χ3v) is 11.3. The number of fused-ring (bicyclic) bond motifs is 2. The minimum absolute atomic E-state index is 0.466. The van der Waals surface area contributed by atoms with Gasteiger partial charge in [-0.3, -0.25) is 0 Å². The number of anilines is 6. The van der Waals surface area contributed by atoms with E-state index in [0.29, 0.717) is 22.4 Å². The molecule has 0 spiro atoms. The average Bonchev–Trinajstić information content (AvgIpc) is 3.36. The van der Waals surface area contributed by atoms with Crippen molar-refractivity contribution in [2.75, 3.05) is 24.0 Å². The molecule has 0 saturated heterocycles. The zero-order valence-electron chi connectivity index (χ0n) is 35.4. The molecule has 0 aliphatic rings. The second-order valence-corrected chi connectivity index (χ2v) is 15.1. The van der Waals surface area contributed by atoms with Crippen LogP contribution < -0.4 is 19.3 Å². The molecule has 64 heavy (non-hydrogen) atoms. The Kier molecular flexibility index (Phi) is 11.7. The Balaban J connectivity index is 0.970. The summed E-state index contributed by atoms with van der Waals surface area (Å²) in [5.41, 5.74) is 10.4. The van der Waals surface area contributed by atoms with Crippen molar-refractivity contribution < 1.29 is 9.47 Å². The van der Waals surface area contributed by atoms with Crippen LogP contribution in [-0.4, -0.2) is 14.2 Å². The van der Waals surface area contributed by atoms with Gasteiger partial charge in [-0.25, -0.2) is 4.85 Å². The maximum absolute atomic E-state index is 10.3. The van der Waals surface area contributed by atoms with E-state index in [9.17, 15) is 5.26 Å². The molecule has 0 amide bonds. The monoisotopic (exact) mass is 826 g/mol. The maximum Gasteiger partial charge on any atom is 0.194 e. The fourth-order valence-corrected chi connectivity index (χ4v) is 8.05. The number of hydrogen-bond acceptors (Lipinski definition) is 5. The van der Waals surface area contributed by atoms with Gasteiger partial charge in [-0.1, -0.05) is 121 Å². The number of nitrogens with zero attached hydrogens (tertiary/aromatic N) is 4. The predicted molar refractivity (Wildman–Crippen MR) is 266 cm³/mol. The molecule has 0 bridgehead atoms. The summed E-state index contributed by atoms with van der Waals surface area (Å²) in [4.78, 5) is 8.35. The van der Waals surface area contributed by atoms with Gasteiger partial charge in [0, 0.05) is 33.5 Å². The van der Waals surface area contributed by atoms with E-state index in [1.54, 1.807) is 26.4 Å². The Morgan fingerprint density at radius 1 is 0.469 bits per heavy atom. The molecule has 9 aromatic rings. The van der Waals surface area contributed by atoms with Gasteiger partial charge in [0.25, 0.3) is 0 Å².